The number of nitrogen functional groups attached to an aromatic ring is 1. The number of thiophene rings is 1. The lowest BCUT2D eigenvalue weighted by atomic mass is 9.77. The highest BCUT2D eigenvalue weighted by molar-refractivity contribution is 7.20. The van der Waals surface area contributed by atoms with Crippen molar-refractivity contribution in [3.05, 3.63) is 15.5 Å². The van der Waals surface area contributed by atoms with Crippen LogP contribution in [0.15, 0.2) is 0 Å². The average Bonchev–Trinajstić information content (AvgIpc) is 2.36. The van der Waals surface area contributed by atoms with Crippen molar-refractivity contribution in [2.24, 2.45) is 0 Å². The molecule has 0 radical (unpaired) electrons. The van der Waals surface area contributed by atoms with Crippen molar-refractivity contribution in [3.63, 3.8) is 0 Å². The van der Waals surface area contributed by atoms with Crippen molar-refractivity contribution in [1.29, 1.82) is 5.26 Å². The summed E-state index contributed by atoms with van der Waals surface area (Å²) in [6.45, 7) is 3.81. The first kappa shape index (κ1) is 9.78. The molecule has 0 saturated carbocycles. The number of nitrogens with one attached hydrogen (secondary N) is 1. The van der Waals surface area contributed by atoms with Gasteiger partial charge in [0.2, 0.25) is 0 Å². The van der Waals surface area contributed by atoms with Crippen molar-refractivity contribution in [2.45, 2.75) is 12.3 Å². The topological polar surface area (TPSA) is 61.8 Å². The average molecular weight is 228 g/mol. The van der Waals surface area contributed by atoms with Crippen LogP contribution in [0.25, 0.3) is 0 Å². The Labute approximate surface area is 91.5 Å². The van der Waals surface area contributed by atoms with Crippen molar-refractivity contribution in [1.82, 2.24) is 5.32 Å². The molecule has 5 heteroatoms. The Balaban J connectivity index is 2.57. The molecule has 0 spiro atoms. The number of hydrogen-bond acceptors (Lipinski definition) is 4. The minimum absolute atomic E-state index is 0.0176. The van der Waals surface area contributed by atoms with Gasteiger partial charge in [-0.1, -0.05) is 18.5 Å². The summed E-state index contributed by atoms with van der Waals surface area (Å²) in [5.74, 6) is 0. The maximum Gasteiger partial charge on any atom is 0.106 e. The summed E-state index contributed by atoms with van der Waals surface area (Å²) < 4.78 is 0.656. The van der Waals surface area contributed by atoms with E-state index in [9.17, 15) is 0 Å². The van der Waals surface area contributed by atoms with Crippen LogP contribution in [-0.4, -0.2) is 13.1 Å². The zero-order valence-electron chi connectivity index (χ0n) is 7.72. The lowest BCUT2D eigenvalue weighted by Gasteiger charge is -2.39. The van der Waals surface area contributed by atoms with Crippen molar-refractivity contribution >= 4 is 27.9 Å². The van der Waals surface area contributed by atoms with E-state index in [1.807, 2.05) is 0 Å². The Kier molecular flexibility index (Phi) is 2.18. The smallest absolute Gasteiger partial charge is 0.106 e. The maximum atomic E-state index is 8.99. The summed E-state index contributed by atoms with van der Waals surface area (Å²) in [5, 5.41) is 12.7. The first-order chi connectivity index (χ1) is 6.58. The molecule has 0 unspecified atom stereocenters. The standard InChI is InChI=1S/C9H10ClN3S/c1-9(3-13-4-9)6-5(2-11)8(12)14-7(6)10/h13H,3-4,12H2,1H3. The molecule has 1 fully saturated rings. The van der Waals surface area contributed by atoms with Crippen LogP contribution in [0.2, 0.25) is 4.34 Å². The fraction of sp³-hybridized carbons (Fsp3) is 0.444. The van der Waals surface area contributed by atoms with Gasteiger partial charge in [-0.2, -0.15) is 5.26 Å². The molecule has 14 heavy (non-hydrogen) atoms. The Bertz CT molecular complexity index is 414. The van der Waals surface area contributed by atoms with Gasteiger partial charge in [-0.25, -0.2) is 0 Å². The van der Waals surface area contributed by atoms with Crippen LogP contribution in [0.4, 0.5) is 5.00 Å². The molecule has 2 rings (SSSR count). The third kappa shape index (κ3) is 1.21. The molecule has 0 atom stereocenters. The van der Waals surface area contributed by atoms with E-state index in [1.165, 1.54) is 11.3 Å². The lowest BCUT2D eigenvalue weighted by Crippen LogP contribution is -2.55. The van der Waals surface area contributed by atoms with Crippen LogP contribution in [0.5, 0.6) is 0 Å². The van der Waals surface area contributed by atoms with Crippen LogP contribution in [0, 0.1) is 11.3 Å². The quantitative estimate of drug-likeness (QED) is 0.768. The molecule has 0 amide bonds. The summed E-state index contributed by atoms with van der Waals surface area (Å²) in [4.78, 5) is 0. The molecule has 1 aromatic rings. The number of hydrogen-bond donors (Lipinski definition) is 2. The van der Waals surface area contributed by atoms with Gasteiger partial charge >= 0.3 is 0 Å². The molecule has 1 aromatic heterocycles. The third-order valence-corrected chi connectivity index (χ3v) is 3.87. The highest BCUT2D eigenvalue weighted by Gasteiger charge is 2.39. The van der Waals surface area contributed by atoms with Crippen LogP contribution >= 0.6 is 22.9 Å². The second-order valence-electron chi connectivity index (χ2n) is 3.77. The summed E-state index contributed by atoms with van der Waals surface area (Å²) in [5.41, 5.74) is 7.18. The van der Waals surface area contributed by atoms with Crippen molar-refractivity contribution in [3.8, 4) is 6.07 Å². The van der Waals surface area contributed by atoms with Gasteiger partial charge in [-0.3, -0.25) is 0 Å². The molecular formula is C9H10ClN3S. The zero-order valence-corrected chi connectivity index (χ0v) is 9.30. The number of anilines is 1. The van der Waals surface area contributed by atoms with Crippen LogP contribution in [0.1, 0.15) is 18.1 Å². The Morgan fingerprint density at radius 2 is 2.29 bits per heavy atom. The second-order valence-corrected chi connectivity index (χ2v) is 5.42. The summed E-state index contributed by atoms with van der Waals surface area (Å²) in [6, 6.07) is 2.13. The molecular weight excluding hydrogens is 218 g/mol. The molecule has 3 nitrogen and oxygen atoms in total. The molecule has 3 N–H and O–H groups in total. The van der Waals surface area contributed by atoms with Gasteiger partial charge in [-0.05, 0) is 0 Å². The Hall–Kier alpha value is -0.760. The van der Waals surface area contributed by atoms with Gasteiger partial charge in [0.05, 0.1) is 5.56 Å². The highest BCUT2D eigenvalue weighted by atomic mass is 35.5. The zero-order chi connectivity index (χ0) is 10.3. The number of nitriles is 1. The fourth-order valence-corrected chi connectivity index (χ4v) is 3.21. The molecule has 1 saturated heterocycles. The molecule has 74 valence electrons. The second kappa shape index (κ2) is 3.13. The third-order valence-electron chi connectivity index (χ3n) is 2.64. The van der Waals surface area contributed by atoms with E-state index in [0.717, 1.165) is 18.7 Å². The highest BCUT2D eigenvalue weighted by Crippen LogP contribution is 2.43. The predicted octanol–water partition coefficient (Wildman–Crippen LogP) is 1.72. The van der Waals surface area contributed by atoms with Crippen LogP contribution in [-0.2, 0) is 5.41 Å². The molecule has 0 aromatic carbocycles. The summed E-state index contributed by atoms with van der Waals surface area (Å²) in [7, 11) is 0. The van der Waals surface area contributed by atoms with Gasteiger partial charge < -0.3 is 11.1 Å². The predicted molar refractivity (Wildman–Crippen MR) is 58.7 cm³/mol. The van der Waals surface area contributed by atoms with Crippen molar-refractivity contribution < 1.29 is 0 Å². The number of nitrogens with two attached hydrogens (primary N) is 1. The van der Waals surface area contributed by atoms with Crippen molar-refractivity contribution in [2.75, 3.05) is 18.8 Å². The molecule has 2 heterocycles. The molecule has 1 aliphatic heterocycles. The minimum atomic E-state index is -0.0176. The Morgan fingerprint density at radius 1 is 1.64 bits per heavy atom. The van der Waals surface area contributed by atoms with E-state index in [2.05, 4.69) is 18.3 Å². The van der Waals surface area contributed by atoms with Gasteiger partial charge in [0, 0.05) is 24.1 Å². The van der Waals surface area contributed by atoms with Gasteiger partial charge in [0.15, 0.2) is 0 Å². The Morgan fingerprint density at radius 3 is 2.71 bits per heavy atom. The monoisotopic (exact) mass is 227 g/mol. The molecule has 0 bridgehead atoms. The lowest BCUT2D eigenvalue weighted by molar-refractivity contribution is 0.306. The number of rotatable bonds is 1. The van der Waals surface area contributed by atoms with Crippen LogP contribution < -0.4 is 11.1 Å². The van der Waals surface area contributed by atoms with E-state index < -0.39 is 0 Å². The first-order valence-corrected chi connectivity index (χ1v) is 5.47. The van der Waals surface area contributed by atoms with Gasteiger partial charge in [-0.15, -0.1) is 11.3 Å². The SMILES string of the molecule is CC1(c2c(Cl)sc(N)c2C#N)CNC1. The van der Waals surface area contributed by atoms with Gasteiger partial charge in [0.1, 0.15) is 15.4 Å². The molecule has 0 aliphatic carbocycles. The van der Waals surface area contributed by atoms with Crippen LogP contribution in [0.3, 0.4) is 0 Å². The normalized spacial score (nSPS) is 18.6. The largest absolute Gasteiger partial charge is 0.389 e. The van der Waals surface area contributed by atoms with E-state index in [1.54, 1.807) is 0 Å². The minimum Gasteiger partial charge on any atom is -0.389 e. The summed E-state index contributed by atoms with van der Waals surface area (Å²) >= 11 is 7.38. The first-order valence-electron chi connectivity index (χ1n) is 4.27. The number of halogens is 1. The molecule has 1 aliphatic rings. The van der Waals surface area contributed by atoms with Gasteiger partial charge in [0.25, 0.3) is 0 Å². The fourth-order valence-electron chi connectivity index (χ4n) is 1.75. The number of nitrogens with zero attached hydrogens (tertiary/aromatic N) is 1. The maximum absolute atomic E-state index is 8.99. The van der Waals surface area contributed by atoms with E-state index in [4.69, 9.17) is 22.6 Å². The van der Waals surface area contributed by atoms with E-state index in [0.29, 0.717) is 14.9 Å². The van der Waals surface area contributed by atoms with E-state index in [-0.39, 0.29) is 5.41 Å². The summed E-state index contributed by atoms with van der Waals surface area (Å²) in [6.07, 6.45) is 0. The van der Waals surface area contributed by atoms with E-state index >= 15 is 0 Å².